The van der Waals surface area contributed by atoms with Crippen LogP contribution in [-0.4, -0.2) is 13.1 Å². The lowest BCUT2D eigenvalue weighted by Crippen LogP contribution is -2.19. The molecule has 0 aliphatic heterocycles. The zero-order chi connectivity index (χ0) is 15.4. The fraction of sp³-hybridized carbons (Fsp3) is 0.294. The molecule has 2 aromatic carbocycles. The zero-order valence-corrected chi connectivity index (χ0v) is 13.1. The van der Waals surface area contributed by atoms with Crippen LogP contribution in [0.3, 0.4) is 0 Å². The van der Waals surface area contributed by atoms with Crippen LogP contribution in [0.25, 0.3) is 0 Å². The van der Waals surface area contributed by atoms with Crippen molar-refractivity contribution in [2.75, 3.05) is 11.9 Å². The second kappa shape index (κ2) is 6.92. The van der Waals surface area contributed by atoms with Crippen molar-refractivity contribution in [3.8, 4) is 0 Å². The SMILES string of the molecule is CC(N)Cc1ccc(N(C)Cc2cccc(Cl)c2)c(F)c1. The van der Waals surface area contributed by atoms with Crippen LogP contribution in [0.2, 0.25) is 5.02 Å². The summed E-state index contributed by atoms with van der Waals surface area (Å²) in [6.45, 7) is 2.52. The largest absolute Gasteiger partial charge is 0.368 e. The molecule has 2 nitrogen and oxygen atoms in total. The molecule has 0 heterocycles. The highest BCUT2D eigenvalue weighted by atomic mass is 35.5. The first kappa shape index (κ1) is 15.8. The number of hydrogen-bond acceptors (Lipinski definition) is 2. The fourth-order valence-corrected chi connectivity index (χ4v) is 2.57. The average Bonchev–Trinajstić information content (AvgIpc) is 2.37. The van der Waals surface area contributed by atoms with Gasteiger partial charge in [-0.15, -0.1) is 0 Å². The van der Waals surface area contributed by atoms with Crippen molar-refractivity contribution in [2.24, 2.45) is 5.73 Å². The second-order valence-electron chi connectivity index (χ2n) is 5.45. The molecule has 4 heteroatoms. The number of rotatable bonds is 5. The Balaban J connectivity index is 2.13. The minimum atomic E-state index is -0.224. The van der Waals surface area contributed by atoms with E-state index in [0.29, 0.717) is 23.7 Å². The van der Waals surface area contributed by atoms with Gasteiger partial charge in [-0.2, -0.15) is 0 Å². The van der Waals surface area contributed by atoms with E-state index in [-0.39, 0.29) is 11.9 Å². The summed E-state index contributed by atoms with van der Waals surface area (Å²) in [5, 5.41) is 0.689. The fourth-order valence-electron chi connectivity index (χ4n) is 2.35. The predicted molar refractivity (Wildman–Crippen MR) is 87.3 cm³/mol. The summed E-state index contributed by atoms with van der Waals surface area (Å²) in [5.74, 6) is -0.224. The summed E-state index contributed by atoms with van der Waals surface area (Å²) in [6.07, 6.45) is 0.676. The zero-order valence-electron chi connectivity index (χ0n) is 12.3. The van der Waals surface area contributed by atoms with E-state index in [9.17, 15) is 4.39 Å². The first-order chi connectivity index (χ1) is 9.95. The Morgan fingerprint density at radius 2 is 1.95 bits per heavy atom. The van der Waals surface area contributed by atoms with Crippen LogP contribution in [0, 0.1) is 5.82 Å². The van der Waals surface area contributed by atoms with Gasteiger partial charge in [0.15, 0.2) is 0 Å². The minimum absolute atomic E-state index is 0.0273. The van der Waals surface area contributed by atoms with Gasteiger partial charge in [0, 0.05) is 24.7 Å². The number of hydrogen-bond donors (Lipinski definition) is 1. The molecule has 1 unspecified atom stereocenters. The summed E-state index contributed by atoms with van der Waals surface area (Å²) < 4.78 is 14.2. The van der Waals surface area contributed by atoms with Crippen molar-refractivity contribution >= 4 is 17.3 Å². The van der Waals surface area contributed by atoms with Gasteiger partial charge in [-0.05, 0) is 48.7 Å². The van der Waals surface area contributed by atoms with Crippen molar-refractivity contribution in [3.63, 3.8) is 0 Å². The molecule has 1 atom stereocenters. The van der Waals surface area contributed by atoms with Gasteiger partial charge < -0.3 is 10.6 Å². The highest BCUT2D eigenvalue weighted by molar-refractivity contribution is 6.30. The van der Waals surface area contributed by atoms with E-state index in [4.69, 9.17) is 17.3 Å². The van der Waals surface area contributed by atoms with Gasteiger partial charge in [0.1, 0.15) is 5.82 Å². The van der Waals surface area contributed by atoms with Gasteiger partial charge in [0.2, 0.25) is 0 Å². The van der Waals surface area contributed by atoms with Crippen molar-refractivity contribution < 1.29 is 4.39 Å². The highest BCUT2D eigenvalue weighted by Gasteiger charge is 2.10. The molecule has 2 aromatic rings. The number of halogens is 2. The molecule has 0 aromatic heterocycles. The molecule has 0 amide bonds. The van der Waals surface area contributed by atoms with Crippen LogP contribution >= 0.6 is 11.6 Å². The van der Waals surface area contributed by atoms with Crippen molar-refractivity contribution in [2.45, 2.75) is 25.9 Å². The summed E-state index contributed by atoms with van der Waals surface area (Å²) in [5.41, 5.74) is 8.28. The number of anilines is 1. The quantitative estimate of drug-likeness (QED) is 0.904. The summed E-state index contributed by atoms with van der Waals surface area (Å²) in [7, 11) is 1.87. The Labute approximate surface area is 130 Å². The van der Waals surface area contributed by atoms with Crippen LogP contribution in [0.5, 0.6) is 0 Å². The Kier molecular flexibility index (Phi) is 5.21. The van der Waals surface area contributed by atoms with E-state index < -0.39 is 0 Å². The number of benzene rings is 2. The molecule has 0 saturated heterocycles. The molecular weight excluding hydrogens is 287 g/mol. The van der Waals surface area contributed by atoms with E-state index in [1.54, 1.807) is 12.1 Å². The van der Waals surface area contributed by atoms with Crippen LogP contribution in [0.4, 0.5) is 10.1 Å². The standard InChI is InChI=1S/C17H20ClFN2/c1-12(20)8-13-6-7-17(16(19)10-13)21(2)11-14-4-3-5-15(18)9-14/h3-7,9-10,12H,8,11,20H2,1-2H3. The normalized spacial score (nSPS) is 12.2. The third-order valence-corrected chi connectivity index (χ3v) is 3.52. The first-order valence-corrected chi connectivity index (χ1v) is 7.33. The lowest BCUT2D eigenvalue weighted by Gasteiger charge is -2.21. The summed E-state index contributed by atoms with van der Waals surface area (Å²) in [4.78, 5) is 1.87. The van der Waals surface area contributed by atoms with E-state index >= 15 is 0 Å². The second-order valence-corrected chi connectivity index (χ2v) is 5.89. The third kappa shape index (κ3) is 4.45. The topological polar surface area (TPSA) is 29.3 Å². The monoisotopic (exact) mass is 306 g/mol. The molecule has 0 bridgehead atoms. The summed E-state index contributed by atoms with van der Waals surface area (Å²) >= 11 is 5.97. The maximum atomic E-state index is 14.2. The molecule has 2 N–H and O–H groups in total. The van der Waals surface area contributed by atoms with Crippen LogP contribution in [0.1, 0.15) is 18.1 Å². The minimum Gasteiger partial charge on any atom is -0.368 e. The Morgan fingerprint density at radius 1 is 1.19 bits per heavy atom. The molecule has 112 valence electrons. The van der Waals surface area contributed by atoms with E-state index in [1.807, 2.05) is 49.2 Å². The maximum Gasteiger partial charge on any atom is 0.146 e. The molecule has 2 rings (SSSR count). The van der Waals surface area contributed by atoms with Crippen molar-refractivity contribution in [1.29, 1.82) is 0 Å². The number of nitrogens with two attached hydrogens (primary N) is 1. The lowest BCUT2D eigenvalue weighted by molar-refractivity contribution is 0.617. The molecule has 0 fully saturated rings. The Morgan fingerprint density at radius 3 is 2.57 bits per heavy atom. The first-order valence-electron chi connectivity index (χ1n) is 6.95. The van der Waals surface area contributed by atoms with Crippen LogP contribution < -0.4 is 10.6 Å². The van der Waals surface area contributed by atoms with Crippen molar-refractivity contribution in [3.05, 3.63) is 64.4 Å². The maximum absolute atomic E-state index is 14.2. The van der Waals surface area contributed by atoms with Crippen LogP contribution in [-0.2, 0) is 13.0 Å². The van der Waals surface area contributed by atoms with E-state index in [2.05, 4.69) is 0 Å². The van der Waals surface area contributed by atoms with Crippen molar-refractivity contribution in [1.82, 2.24) is 0 Å². The molecule has 0 spiro atoms. The molecule has 0 radical (unpaired) electrons. The van der Waals surface area contributed by atoms with Gasteiger partial charge >= 0.3 is 0 Å². The number of nitrogens with zero attached hydrogens (tertiary/aromatic N) is 1. The Hall–Kier alpha value is -1.58. The Bertz CT molecular complexity index is 613. The van der Waals surface area contributed by atoms with E-state index in [1.165, 1.54) is 0 Å². The van der Waals surface area contributed by atoms with Crippen LogP contribution in [0.15, 0.2) is 42.5 Å². The molecular formula is C17H20ClFN2. The van der Waals surface area contributed by atoms with Gasteiger partial charge in [0.05, 0.1) is 5.69 Å². The van der Waals surface area contributed by atoms with Gasteiger partial charge in [-0.25, -0.2) is 4.39 Å². The van der Waals surface area contributed by atoms with Gasteiger partial charge in [0.25, 0.3) is 0 Å². The highest BCUT2D eigenvalue weighted by Crippen LogP contribution is 2.22. The molecule has 0 aliphatic carbocycles. The van der Waals surface area contributed by atoms with Gasteiger partial charge in [-0.3, -0.25) is 0 Å². The summed E-state index contributed by atoms with van der Waals surface area (Å²) in [6, 6.07) is 12.9. The molecule has 0 aliphatic rings. The smallest absolute Gasteiger partial charge is 0.146 e. The average molecular weight is 307 g/mol. The predicted octanol–water partition coefficient (Wildman–Crippen LogP) is 4.01. The van der Waals surface area contributed by atoms with Gasteiger partial charge in [-0.1, -0.05) is 29.8 Å². The molecule has 0 saturated carbocycles. The van der Waals surface area contributed by atoms with E-state index in [0.717, 1.165) is 11.1 Å². The molecule has 21 heavy (non-hydrogen) atoms. The lowest BCUT2D eigenvalue weighted by atomic mass is 10.1. The third-order valence-electron chi connectivity index (χ3n) is 3.29.